The highest BCUT2D eigenvalue weighted by molar-refractivity contribution is 6.16. The molecular weight excluding hydrogens is 260 g/mol. The molecule has 0 aromatic carbocycles. The van der Waals surface area contributed by atoms with Gasteiger partial charge in [-0.25, -0.2) is 4.99 Å². The first kappa shape index (κ1) is 16.7. The van der Waals surface area contributed by atoms with Crippen LogP contribution >= 0.6 is 0 Å². The van der Waals surface area contributed by atoms with Gasteiger partial charge in [-0.15, -0.1) is 0 Å². The summed E-state index contributed by atoms with van der Waals surface area (Å²) in [5.74, 6) is 1.12. The summed E-state index contributed by atoms with van der Waals surface area (Å²) in [6.07, 6.45) is 8.75. The van der Waals surface area contributed by atoms with E-state index in [4.69, 9.17) is 5.73 Å². The van der Waals surface area contributed by atoms with Crippen LogP contribution in [-0.2, 0) is 0 Å². The molecule has 0 bridgehead atoms. The van der Waals surface area contributed by atoms with Gasteiger partial charge in [0, 0.05) is 25.9 Å². The Labute approximate surface area is 127 Å². The quantitative estimate of drug-likeness (QED) is 0.622. The van der Waals surface area contributed by atoms with Crippen LogP contribution in [0.15, 0.2) is 69.6 Å². The molecule has 1 aliphatic rings. The fraction of sp³-hybridized carbons (Fsp3) is 0.294. The van der Waals surface area contributed by atoms with Crippen molar-refractivity contribution in [1.82, 2.24) is 4.90 Å². The van der Waals surface area contributed by atoms with Crippen LogP contribution < -0.4 is 5.73 Å². The summed E-state index contributed by atoms with van der Waals surface area (Å²) < 4.78 is 0. The lowest BCUT2D eigenvalue weighted by molar-refractivity contribution is 0.620. The zero-order valence-electron chi connectivity index (χ0n) is 13.3. The van der Waals surface area contributed by atoms with Crippen LogP contribution in [0.5, 0.6) is 0 Å². The van der Waals surface area contributed by atoms with Gasteiger partial charge in [-0.05, 0) is 25.8 Å². The topological polar surface area (TPSA) is 54.0 Å². The van der Waals surface area contributed by atoms with Gasteiger partial charge in [0.05, 0.1) is 11.5 Å². The van der Waals surface area contributed by atoms with Crippen LogP contribution in [0.2, 0.25) is 0 Å². The molecule has 0 fully saturated rings. The number of hydrogen-bond donors (Lipinski definition) is 1. The van der Waals surface area contributed by atoms with Crippen molar-refractivity contribution in [3.8, 4) is 0 Å². The number of rotatable bonds is 5. The Bertz CT molecular complexity index is 582. The summed E-state index contributed by atoms with van der Waals surface area (Å²) in [7, 11) is 3.57. The van der Waals surface area contributed by atoms with Crippen LogP contribution in [0.25, 0.3) is 0 Å². The van der Waals surface area contributed by atoms with E-state index in [2.05, 4.69) is 29.2 Å². The van der Waals surface area contributed by atoms with Gasteiger partial charge < -0.3 is 10.6 Å². The van der Waals surface area contributed by atoms with Gasteiger partial charge >= 0.3 is 0 Å². The monoisotopic (exact) mass is 284 g/mol. The highest BCUT2D eigenvalue weighted by Gasteiger charge is 2.15. The first-order valence-corrected chi connectivity index (χ1v) is 6.80. The predicted octanol–water partition coefficient (Wildman–Crippen LogP) is 3.18. The van der Waals surface area contributed by atoms with Gasteiger partial charge in [0.1, 0.15) is 5.84 Å². The third-order valence-electron chi connectivity index (χ3n) is 3.17. The van der Waals surface area contributed by atoms with Crippen molar-refractivity contribution in [2.75, 3.05) is 14.1 Å². The highest BCUT2D eigenvalue weighted by Crippen LogP contribution is 2.21. The molecule has 4 heteroatoms. The SMILES string of the molecule is C=C(N=C(C(C=NC)=C(C)C)N(C)C(=C)N)C1=CC=CC1. The smallest absolute Gasteiger partial charge is 0.143 e. The number of nitrogens with zero attached hydrogens (tertiary/aromatic N) is 3. The van der Waals surface area contributed by atoms with Crippen LogP contribution in [0.4, 0.5) is 0 Å². The molecule has 0 atom stereocenters. The maximum atomic E-state index is 5.83. The molecule has 0 heterocycles. The van der Waals surface area contributed by atoms with E-state index in [0.717, 1.165) is 28.8 Å². The molecule has 1 aliphatic carbocycles. The molecule has 4 nitrogen and oxygen atoms in total. The molecule has 0 amide bonds. The van der Waals surface area contributed by atoms with Crippen LogP contribution in [0, 0.1) is 0 Å². The van der Waals surface area contributed by atoms with Crippen molar-refractivity contribution >= 4 is 12.1 Å². The van der Waals surface area contributed by atoms with Gasteiger partial charge in [0.25, 0.3) is 0 Å². The van der Waals surface area contributed by atoms with E-state index < -0.39 is 0 Å². The average molecular weight is 284 g/mol. The van der Waals surface area contributed by atoms with Crippen molar-refractivity contribution in [1.29, 1.82) is 0 Å². The molecule has 21 heavy (non-hydrogen) atoms. The van der Waals surface area contributed by atoms with Crippen molar-refractivity contribution in [2.45, 2.75) is 20.3 Å². The molecular formula is C17H24N4. The molecule has 0 aliphatic heterocycles. The zero-order valence-corrected chi connectivity index (χ0v) is 13.3. The molecule has 0 saturated heterocycles. The molecule has 1 rings (SSSR count). The van der Waals surface area contributed by atoms with Crippen molar-refractivity contribution < 1.29 is 0 Å². The Morgan fingerprint density at radius 1 is 1.38 bits per heavy atom. The number of nitrogens with two attached hydrogens (primary N) is 1. The molecule has 0 spiro atoms. The molecule has 0 aromatic rings. The van der Waals surface area contributed by atoms with Gasteiger partial charge in [-0.3, -0.25) is 4.99 Å². The minimum absolute atomic E-state index is 0.420. The lowest BCUT2D eigenvalue weighted by Gasteiger charge is -2.23. The Balaban J connectivity index is 3.28. The number of aliphatic imine (C=N–C) groups is 2. The maximum absolute atomic E-state index is 5.83. The maximum Gasteiger partial charge on any atom is 0.143 e. The second kappa shape index (κ2) is 7.43. The largest absolute Gasteiger partial charge is 0.386 e. The normalized spacial score (nSPS) is 14.3. The third kappa shape index (κ3) is 4.31. The zero-order chi connectivity index (χ0) is 16.0. The number of likely N-dealkylation sites (N-methyl/N-ethyl adjacent to an activating group) is 1. The Morgan fingerprint density at radius 2 is 2.05 bits per heavy atom. The van der Waals surface area contributed by atoms with Gasteiger partial charge in [0.15, 0.2) is 0 Å². The molecule has 0 aromatic heterocycles. The summed E-state index contributed by atoms with van der Waals surface area (Å²) in [5, 5.41) is 0. The number of hydrogen-bond acceptors (Lipinski definition) is 3. The van der Waals surface area contributed by atoms with Crippen molar-refractivity contribution in [3.05, 3.63) is 59.6 Å². The standard InChI is InChI=1S/C17H24N4/c1-12(2)16(11-19-5)17(21(6)14(4)18)20-13(3)15-9-7-8-10-15/h7-9,11H,3-4,10,18H2,1-2,5-6H3. The number of amidine groups is 1. The minimum Gasteiger partial charge on any atom is -0.386 e. The number of allylic oxidation sites excluding steroid dienone is 5. The van der Waals surface area contributed by atoms with Crippen LogP contribution in [0.1, 0.15) is 20.3 Å². The van der Waals surface area contributed by atoms with E-state index in [-0.39, 0.29) is 0 Å². The van der Waals surface area contributed by atoms with E-state index in [0.29, 0.717) is 11.7 Å². The second-order valence-electron chi connectivity index (χ2n) is 5.06. The summed E-state index contributed by atoms with van der Waals surface area (Å²) in [6.45, 7) is 11.9. The highest BCUT2D eigenvalue weighted by atomic mass is 15.2. The minimum atomic E-state index is 0.420. The molecule has 0 unspecified atom stereocenters. The summed E-state index contributed by atoms with van der Waals surface area (Å²) in [6, 6.07) is 0. The molecule has 2 N–H and O–H groups in total. The second-order valence-corrected chi connectivity index (χ2v) is 5.06. The van der Waals surface area contributed by atoms with E-state index in [9.17, 15) is 0 Å². The van der Waals surface area contributed by atoms with Crippen LogP contribution in [0.3, 0.4) is 0 Å². The van der Waals surface area contributed by atoms with Crippen molar-refractivity contribution in [3.63, 3.8) is 0 Å². The molecule has 112 valence electrons. The fourth-order valence-electron chi connectivity index (χ4n) is 1.85. The van der Waals surface area contributed by atoms with Gasteiger partial charge in [-0.2, -0.15) is 0 Å². The Hall–Kier alpha value is -2.36. The van der Waals surface area contributed by atoms with Gasteiger partial charge in [0.2, 0.25) is 0 Å². The van der Waals surface area contributed by atoms with Crippen LogP contribution in [-0.4, -0.2) is 31.0 Å². The predicted molar refractivity (Wildman–Crippen MR) is 92.3 cm³/mol. The summed E-state index contributed by atoms with van der Waals surface area (Å²) in [5.41, 5.74) is 9.67. The van der Waals surface area contributed by atoms with E-state index in [1.165, 1.54) is 0 Å². The fourth-order valence-corrected chi connectivity index (χ4v) is 1.85. The lowest BCUT2D eigenvalue weighted by atomic mass is 10.1. The Kier molecular flexibility index (Phi) is 5.91. The summed E-state index contributed by atoms with van der Waals surface area (Å²) in [4.78, 5) is 10.5. The van der Waals surface area contributed by atoms with Gasteiger partial charge in [-0.1, -0.05) is 37.0 Å². The first-order valence-electron chi connectivity index (χ1n) is 6.80. The van der Waals surface area contributed by atoms with E-state index >= 15 is 0 Å². The molecule has 0 radical (unpaired) electrons. The van der Waals surface area contributed by atoms with Crippen molar-refractivity contribution in [2.24, 2.45) is 15.7 Å². The average Bonchev–Trinajstić information content (AvgIpc) is 2.95. The molecule has 0 saturated carbocycles. The lowest BCUT2D eigenvalue weighted by Crippen LogP contribution is -2.32. The summed E-state index contributed by atoms with van der Waals surface area (Å²) >= 11 is 0. The van der Waals surface area contributed by atoms with E-state index in [1.54, 1.807) is 18.2 Å². The van der Waals surface area contributed by atoms with E-state index in [1.807, 2.05) is 33.0 Å². The Morgan fingerprint density at radius 3 is 2.48 bits per heavy atom. The first-order chi connectivity index (χ1) is 9.88. The third-order valence-corrected chi connectivity index (χ3v) is 3.17.